The van der Waals surface area contributed by atoms with E-state index in [0.29, 0.717) is 38.2 Å². The highest BCUT2D eigenvalue weighted by atomic mass is 19.1. The standard InChI is InChI=1S/C22H24FN7O2/c1-15-12-19(6-7-20(15)30-14-25-27-28-30)26-22(32)29-10-8-17(9-11-29)21(31)24-13-16-2-4-18(23)5-3-16/h2-7,12,14,17H,8-11,13H2,1H3,(H,24,31)(H,26,32). The van der Waals surface area contributed by atoms with Crippen LogP contribution in [0.3, 0.4) is 0 Å². The summed E-state index contributed by atoms with van der Waals surface area (Å²) < 4.78 is 14.5. The molecule has 1 aliphatic rings. The van der Waals surface area contributed by atoms with Crippen molar-refractivity contribution in [2.24, 2.45) is 5.92 Å². The third kappa shape index (κ3) is 5.08. The van der Waals surface area contributed by atoms with E-state index in [1.807, 2.05) is 19.1 Å². The SMILES string of the molecule is Cc1cc(NC(=O)N2CCC(C(=O)NCc3ccc(F)cc3)CC2)ccc1-n1cnnn1. The summed E-state index contributed by atoms with van der Waals surface area (Å²) in [6.07, 6.45) is 2.71. The lowest BCUT2D eigenvalue weighted by Crippen LogP contribution is -2.44. The Bertz CT molecular complexity index is 1080. The minimum Gasteiger partial charge on any atom is -0.352 e. The molecule has 3 aromatic rings. The topological polar surface area (TPSA) is 105 Å². The number of hydrogen-bond donors (Lipinski definition) is 2. The number of aryl methyl sites for hydroxylation is 1. The highest BCUT2D eigenvalue weighted by molar-refractivity contribution is 5.90. The fraction of sp³-hybridized carbons (Fsp3) is 0.318. The van der Waals surface area contributed by atoms with Crippen molar-refractivity contribution in [2.75, 3.05) is 18.4 Å². The van der Waals surface area contributed by atoms with Gasteiger partial charge >= 0.3 is 6.03 Å². The van der Waals surface area contributed by atoms with Gasteiger partial charge in [-0.1, -0.05) is 12.1 Å². The maximum Gasteiger partial charge on any atom is 0.321 e. The first-order valence-electron chi connectivity index (χ1n) is 10.4. The van der Waals surface area contributed by atoms with Crippen molar-refractivity contribution in [3.63, 3.8) is 0 Å². The Labute approximate surface area is 184 Å². The van der Waals surface area contributed by atoms with Gasteiger partial charge in [0.1, 0.15) is 12.1 Å². The van der Waals surface area contributed by atoms with E-state index in [4.69, 9.17) is 0 Å². The van der Waals surface area contributed by atoms with E-state index < -0.39 is 0 Å². The minimum absolute atomic E-state index is 0.0387. The van der Waals surface area contributed by atoms with Crippen molar-refractivity contribution < 1.29 is 14.0 Å². The van der Waals surface area contributed by atoms with Gasteiger partial charge in [-0.3, -0.25) is 4.79 Å². The zero-order chi connectivity index (χ0) is 22.5. The zero-order valence-corrected chi connectivity index (χ0v) is 17.7. The Kier molecular flexibility index (Phi) is 6.39. The smallest absolute Gasteiger partial charge is 0.321 e. The monoisotopic (exact) mass is 437 g/mol. The summed E-state index contributed by atoms with van der Waals surface area (Å²) in [6, 6.07) is 11.4. The molecular formula is C22H24FN7O2. The Hall–Kier alpha value is -3.82. The molecule has 1 saturated heterocycles. The number of rotatable bonds is 5. The molecule has 0 saturated carbocycles. The molecule has 4 rings (SSSR count). The van der Waals surface area contributed by atoms with Crippen LogP contribution in [0.5, 0.6) is 0 Å². The molecular weight excluding hydrogens is 413 g/mol. The molecule has 0 spiro atoms. The van der Waals surface area contributed by atoms with E-state index in [2.05, 4.69) is 26.2 Å². The van der Waals surface area contributed by atoms with Gasteiger partial charge in [-0.2, -0.15) is 0 Å². The van der Waals surface area contributed by atoms with Gasteiger partial charge in [-0.25, -0.2) is 13.9 Å². The number of likely N-dealkylation sites (tertiary alicyclic amines) is 1. The van der Waals surface area contributed by atoms with Crippen molar-refractivity contribution in [1.82, 2.24) is 30.4 Å². The molecule has 3 amide bonds. The van der Waals surface area contributed by atoms with E-state index >= 15 is 0 Å². The number of aromatic nitrogens is 4. The molecule has 10 heteroatoms. The summed E-state index contributed by atoms with van der Waals surface area (Å²) in [7, 11) is 0. The second kappa shape index (κ2) is 9.54. The maximum absolute atomic E-state index is 13.0. The molecule has 9 nitrogen and oxygen atoms in total. The molecule has 0 unspecified atom stereocenters. The predicted molar refractivity (Wildman–Crippen MR) is 115 cm³/mol. The number of nitrogens with zero attached hydrogens (tertiary/aromatic N) is 5. The number of benzene rings is 2. The fourth-order valence-corrected chi connectivity index (χ4v) is 3.75. The number of urea groups is 1. The van der Waals surface area contributed by atoms with Gasteiger partial charge in [0.25, 0.3) is 0 Å². The van der Waals surface area contributed by atoms with Gasteiger partial charge in [0, 0.05) is 31.2 Å². The molecule has 0 bridgehead atoms. The number of hydrogen-bond acceptors (Lipinski definition) is 5. The van der Waals surface area contributed by atoms with Crippen LogP contribution in [-0.4, -0.2) is 50.1 Å². The van der Waals surface area contributed by atoms with Gasteiger partial charge in [0.2, 0.25) is 5.91 Å². The van der Waals surface area contributed by atoms with Crippen LogP contribution in [-0.2, 0) is 11.3 Å². The Morgan fingerprint density at radius 2 is 1.88 bits per heavy atom. The number of carbonyl (C=O) groups is 2. The second-order valence-corrected chi connectivity index (χ2v) is 7.79. The van der Waals surface area contributed by atoms with Crippen LogP contribution in [0.2, 0.25) is 0 Å². The number of amides is 3. The van der Waals surface area contributed by atoms with Crippen molar-refractivity contribution in [3.05, 3.63) is 65.7 Å². The predicted octanol–water partition coefficient (Wildman–Crippen LogP) is 2.67. The first-order valence-corrected chi connectivity index (χ1v) is 10.4. The Morgan fingerprint density at radius 3 is 2.53 bits per heavy atom. The molecule has 166 valence electrons. The quantitative estimate of drug-likeness (QED) is 0.639. The lowest BCUT2D eigenvalue weighted by Gasteiger charge is -2.31. The largest absolute Gasteiger partial charge is 0.352 e. The molecule has 0 radical (unpaired) electrons. The van der Waals surface area contributed by atoms with Gasteiger partial charge in [-0.15, -0.1) is 5.10 Å². The van der Waals surface area contributed by atoms with Crippen LogP contribution in [0.25, 0.3) is 5.69 Å². The summed E-state index contributed by atoms with van der Waals surface area (Å²) >= 11 is 0. The first kappa shape index (κ1) is 21.4. The van der Waals surface area contributed by atoms with Crippen LogP contribution in [0.4, 0.5) is 14.9 Å². The first-order chi connectivity index (χ1) is 15.5. The third-order valence-corrected chi connectivity index (χ3v) is 5.58. The van der Waals surface area contributed by atoms with E-state index in [1.54, 1.807) is 27.8 Å². The lowest BCUT2D eigenvalue weighted by molar-refractivity contribution is -0.126. The molecule has 2 heterocycles. The van der Waals surface area contributed by atoms with Crippen LogP contribution in [0, 0.1) is 18.7 Å². The highest BCUT2D eigenvalue weighted by Crippen LogP contribution is 2.21. The molecule has 2 N–H and O–H groups in total. The van der Waals surface area contributed by atoms with Crippen molar-refractivity contribution in [2.45, 2.75) is 26.3 Å². The molecule has 1 aliphatic heterocycles. The van der Waals surface area contributed by atoms with Crippen LogP contribution >= 0.6 is 0 Å². The third-order valence-electron chi connectivity index (χ3n) is 5.58. The summed E-state index contributed by atoms with van der Waals surface area (Å²) in [5.74, 6) is -0.482. The average Bonchev–Trinajstić information content (AvgIpc) is 3.33. The fourth-order valence-electron chi connectivity index (χ4n) is 3.75. The van der Waals surface area contributed by atoms with Crippen LogP contribution in [0.15, 0.2) is 48.8 Å². The molecule has 0 aliphatic carbocycles. The lowest BCUT2D eigenvalue weighted by atomic mass is 9.96. The normalized spacial score (nSPS) is 14.2. The molecule has 32 heavy (non-hydrogen) atoms. The van der Waals surface area contributed by atoms with Gasteiger partial charge < -0.3 is 15.5 Å². The molecule has 1 fully saturated rings. The van der Waals surface area contributed by atoms with Gasteiger partial charge in [-0.05, 0) is 71.7 Å². The summed E-state index contributed by atoms with van der Waals surface area (Å²) in [5, 5.41) is 17.0. The molecule has 1 aromatic heterocycles. The van der Waals surface area contributed by atoms with E-state index in [9.17, 15) is 14.0 Å². The highest BCUT2D eigenvalue weighted by Gasteiger charge is 2.27. The zero-order valence-electron chi connectivity index (χ0n) is 17.7. The van der Waals surface area contributed by atoms with E-state index in [0.717, 1.165) is 16.8 Å². The number of piperidine rings is 1. The van der Waals surface area contributed by atoms with Crippen LogP contribution in [0.1, 0.15) is 24.0 Å². The molecule has 2 aromatic carbocycles. The van der Waals surface area contributed by atoms with Crippen molar-refractivity contribution >= 4 is 17.6 Å². The number of anilines is 1. The van der Waals surface area contributed by atoms with Crippen molar-refractivity contribution in [3.8, 4) is 5.69 Å². The summed E-state index contributed by atoms with van der Waals surface area (Å²) in [4.78, 5) is 26.8. The number of halogens is 1. The minimum atomic E-state index is -0.302. The summed E-state index contributed by atoms with van der Waals surface area (Å²) in [5.41, 5.74) is 3.29. The van der Waals surface area contributed by atoms with E-state index in [-0.39, 0.29) is 23.7 Å². The number of carbonyl (C=O) groups excluding carboxylic acids is 2. The van der Waals surface area contributed by atoms with Gasteiger partial charge in [0.15, 0.2) is 0 Å². The number of tetrazole rings is 1. The second-order valence-electron chi connectivity index (χ2n) is 7.79. The Balaban J connectivity index is 1.25. The Morgan fingerprint density at radius 1 is 1.12 bits per heavy atom. The van der Waals surface area contributed by atoms with Crippen molar-refractivity contribution in [1.29, 1.82) is 0 Å². The number of nitrogens with one attached hydrogen (secondary N) is 2. The summed E-state index contributed by atoms with van der Waals surface area (Å²) in [6.45, 7) is 3.28. The average molecular weight is 437 g/mol. The van der Waals surface area contributed by atoms with E-state index in [1.165, 1.54) is 18.5 Å². The molecule has 0 atom stereocenters. The maximum atomic E-state index is 13.0. The van der Waals surface area contributed by atoms with Crippen LogP contribution < -0.4 is 10.6 Å². The van der Waals surface area contributed by atoms with Gasteiger partial charge in [0.05, 0.1) is 5.69 Å².